The van der Waals surface area contributed by atoms with E-state index in [1.54, 1.807) is 0 Å². The largest absolute Gasteiger partial charge is 0.416 e. The van der Waals surface area contributed by atoms with Gasteiger partial charge in [0.15, 0.2) is 9.84 Å². The number of hydrogen-bond acceptors (Lipinski definition) is 5. The molecule has 6 nitrogen and oxygen atoms in total. The third kappa shape index (κ3) is 6.35. The van der Waals surface area contributed by atoms with E-state index in [0.29, 0.717) is 19.0 Å². The Morgan fingerprint density at radius 2 is 1.97 bits per heavy atom. The van der Waals surface area contributed by atoms with E-state index in [9.17, 15) is 26.4 Å². The minimum atomic E-state index is -4.68. The van der Waals surface area contributed by atoms with Crippen LogP contribution in [0, 0.1) is 5.92 Å². The molecule has 1 fully saturated rings. The van der Waals surface area contributed by atoms with E-state index in [1.807, 2.05) is 11.8 Å². The fourth-order valence-corrected chi connectivity index (χ4v) is 5.69. The van der Waals surface area contributed by atoms with Gasteiger partial charge in [0.1, 0.15) is 0 Å². The molecule has 1 amide bonds. The van der Waals surface area contributed by atoms with Crippen LogP contribution < -0.4 is 11.1 Å². The maximum atomic E-state index is 14.0. The predicted molar refractivity (Wildman–Crippen MR) is 129 cm³/mol. The molecule has 0 saturated carbocycles. The van der Waals surface area contributed by atoms with Gasteiger partial charge in [-0.05, 0) is 60.3 Å². The molecular weight excluding hydrogens is 503 g/mol. The Morgan fingerprint density at radius 3 is 2.54 bits per heavy atom. The molecule has 3 N–H and O–H groups in total. The van der Waals surface area contributed by atoms with E-state index in [4.69, 9.17) is 17.3 Å². The van der Waals surface area contributed by atoms with Crippen LogP contribution in [0.3, 0.4) is 0 Å². The van der Waals surface area contributed by atoms with Gasteiger partial charge in [-0.1, -0.05) is 31.5 Å². The van der Waals surface area contributed by atoms with Crippen molar-refractivity contribution in [2.45, 2.75) is 43.9 Å². The van der Waals surface area contributed by atoms with Crippen molar-refractivity contribution >= 4 is 27.3 Å². The Hall–Kier alpha value is -2.14. The molecule has 0 radical (unpaired) electrons. The number of sulfone groups is 1. The molecule has 2 aromatic carbocycles. The van der Waals surface area contributed by atoms with E-state index in [0.717, 1.165) is 12.5 Å². The van der Waals surface area contributed by atoms with E-state index < -0.39 is 33.5 Å². The summed E-state index contributed by atoms with van der Waals surface area (Å²) in [6, 6.07) is 7.06. The summed E-state index contributed by atoms with van der Waals surface area (Å²) in [5.41, 5.74) is 5.08. The molecule has 192 valence electrons. The third-order valence-electron chi connectivity index (χ3n) is 6.28. The zero-order valence-corrected chi connectivity index (χ0v) is 21.1. The fourth-order valence-electron chi connectivity index (χ4n) is 4.38. The van der Waals surface area contributed by atoms with Crippen LogP contribution in [0.5, 0.6) is 0 Å². The van der Waals surface area contributed by atoms with Gasteiger partial charge in [-0.25, -0.2) is 8.42 Å². The van der Waals surface area contributed by atoms with Gasteiger partial charge in [0.2, 0.25) is 0 Å². The molecule has 2 atom stereocenters. The predicted octanol–water partition coefficient (Wildman–Crippen LogP) is 4.42. The van der Waals surface area contributed by atoms with Crippen LogP contribution in [0.2, 0.25) is 5.02 Å². The van der Waals surface area contributed by atoms with E-state index in [1.165, 1.54) is 37.3 Å². The van der Waals surface area contributed by atoms with Crippen molar-refractivity contribution in [3.8, 4) is 0 Å². The van der Waals surface area contributed by atoms with Crippen molar-refractivity contribution in [3.63, 3.8) is 0 Å². The first-order chi connectivity index (χ1) is 16.4. The van der Waals surface area contributed by atoms with Crippen molar-refractivity contribution < 1.29 is 26.4 Å². The van der Waals surface area contributed by atoms with Gasteiger partial charge in [-0.15, -0.1) is 0 Å². The number of carbonyl (C=O) groups is 1. The monoisotopic (exact) mass is 531 g/mol. The van der Waals surface area contributed by atoms with Crippen molar-refractivity contribution in [3.05, 3.63) is 63.7 Å². The summed E-state index contributed by atoms with van der Waals surface area (Å²) >= 11 is 5.99. The molecule has 1 heterocycles. The molecule has 0 aromatic heterocycles. The van der Waals surface area contributed by atoms with Gasteiger partial charge in [0.25, 0.3) is 5.91 Å². The number of nitrogens with two attached hydrogens (primary N) is 1. The Balaban J connectivity index is 1.89. The highest BCUT2D eigenvalue weighted by Crippen LogP contribution is 2.38. The standard InChI is InChI=1S/C24H29ClF3N3O3S/c1-3-35(33,34)22-7-5-18(25)10-17(22)13-30-23(32)16-4-6-19(20(11-16)24(26,27)28)21(12-29)31-9-8-15(2)14-31/h4-7,10-11,15,21H,3,8-9,12-14,29H2,1-2H3,(H,30,32)/t15?,21-/m0/s1. The summed E-state index contributed by atoms with van der Waals surface area (Å²) in [5, 5.41) is 2.79. The molecule has 1 saturated heterocycles. The van der Waals surface area contributed by atoms with Crippen LogP contribution in [0.25, 0.3) is 0 Å². The zero-order valence-electron chi connectivity index (χ0n) is 19.5. The number of alkyl halides is 3. The van der Waals surface area contributed by atoms with Gasteiger partial charge in [-0.2, -0.15) is 13.2 Å². The van der Waals surface area contributed by atoms with Crippen LogP contribution >= 0.6 is 11.6 Å². The summed E-state index contributed by atoms with van der Waals surface area (Å²) in [6.45, 7) is 4.65. The molecule has 3 rings (SSSR count). The Morgan fingerprint density at radius 1 is 1.26 bits per heavy atom. The van der Waals surface area contributed by atoms with Crippen molar-refractivity contribution in [1.82, 2.24) is 10.2 Å². The lowest BCUT2D eigenvalue weighted by Gasteiger charge is -2.29. The lowest BCUT2D eigenvalue weighted by molar-refractivity contribution is -0.138. The SMILES string of the molecule is CCS(=O)(=O)c1ccc(Cl)cc1CNC(=O)c1ccc([C@H](CN)N2CCC(C)C2)c(C(F)(F)F)c1. The second-order valence-electron chi connectivity index (χ2n) is 8.78. The Labute approximate surface area is 208 Å². The molecule has 0 spiro atoms. The van der Waals surface area contributed by atoms with E-state index >= 15 is 0 Å². The topological polar surface area (TPSA) is 92.5 Å². The average Bonchev–Trinajstić information content (AvgIpc) is 3.23. The zero-order chi connectivity index (χ0) is 26.0. The number of likely N-dealkylation sites (tertiary alicyclic amines) is 1. The van der Waals surface area contributed by atoms with E-state index in [-0.39, 0.29) is 45.5 Å². The molecule has 1 unspecified atom stereocenters. The number of carbonyl (C=O) groups excluding carboxylic acids is 1. The second kappa shape index (κ2) is 10.9. The molecule has 35 heavy (non-hydrogen) atoms. The van der Waals surface area contributed by atoms with Gasteiger partial charge in [0.05, 0.1) is 16.2 Å². The number of nitrogens with one attached hydrogen (secondary N) is 1. The highest BCUT2D eigenvalue weighted by molar-refractivity contribution is 7.91. The minimum absolute atomic E-state index is 0.0154. The Kier molecular flexibility index (Phi) is 8.52. The first-order valence-electron chi connectivity index (χ1n) is 11.3. The molecule has 0 bridgehead atoms. The van der Waals surface area contributed by atoms with Crippen molar-refractivity contribution in [2.24, 2.45) is 11.7 Å². The first kappa shape index (κ1) is 27.4. The summed E-state index contributed by atoms with van der Waals surface area (Å²) in [4.78, 5) is 14.7. The Bertz CT molecular complexity index is 1190. The van der Waals surface area contributed by atoms with Crippen molar-refractivity contribution in [1.29, 1.82) is 0 Å². The summed E-state index contributed by atoms with van der Waals surface area (Å²) in [7, 11) is -3.59. The van der Waals surface area contributed by atoms with Crippen LogP contribution in [0.15, 0.2) is 41.3 Å². The number of halogens is 4. The quantitative estimate of drug-likeness (QED) is 0.526. The summed E-state index contributed by atoms with van der Waals surface area (Å²) in [5.74, 6) is -0.540. The van der Waals surface area contributed by atoms with Crippen LogP contribution in [-0.4, -0.2) is 44.6 Å². The van der Waals surface area contributed by atoms with Gasteiger partial charge in [-0.3, -0.25) is 9.69 Å². The third-order valence-corrected chi connectivity index (χ3v) is 8.34. The maximum Gasteiger partial charge on any atom is 0.416 e. The molecular formula is C24H29ClF3N3O3S. The lowest BCUT2D eigenvalue weighted by atomic mass is 9.96. The molecule has 1 aliphatic rings. The first-order valence-corrected chi connectivity index (χ1v) is 13.3. The lowest BCUT2D eigenvalue weighted by Crippen LogP contribution is -2.34. The molecule has 2 aromatic rings. The normalized spacial score (nSPS) is 18.0. The number of hydrogen-bond donors (Lipinski definition) is 2. The number of amides is 1. The summed E-state index contributed by atoms with van der Waals surface area (Å²) in [6.07, 6.45) is -3.79. The van der Waals surface area contributed by atoms with Gasteiger partial charge >= 0.3 is 6.18 Å². The van der Waals surface area contributed by atoms with Gasteiger partial charge in [0, 0.05) is 36.3 Å². The van der Waals surface area contributed by atoms with Crippen LogP contribution in [0.4, 0.5) is 13.2 Å². The minimum Gasteiger partial charge on any atom is -0.348 e. The number of nitrogens with zero attached hydrogens (tertiary/aromatic N) is 1. The highest BCUT2D eigenvalue weighted by Gasteiger charge is 2.38. The van der Waals surface area contributed by atoms with E-state index in [2.05, 4.69) is 5.32 Å². The average molecular weight is 532 g/mol. The maximum absolute atomic E-state index is 14.0. The highest BCUT2D eigenvalue weighted by atomic mass is 35.5. The molecule has 0 aliphatic carbocycles. The van der Waals surface area contributed by atoms with Crippen LogP contribution in [0.1, 0.15) is 53.4 Å². The second-order valence-corrected chi connectivity index (χ2v) is 11.5. The van der Waals surface area contributed by atoms with Crippen LogP contribution in [-0.2, 0) is 22.6 Å². The molecule has 11 heteroatoms. The van der Waals surface area contributed by atoms with Crippen molar-refractivity contribution in [2.75, 3.05) is 25.4 Å². The number of rotatable bonds is 8. The van der Waals surface area contributed by atoms with Gasteiger partial charge < -0.3 is 11.1 Å². The number of benzene rings is 2. The summed E-state index contributed by atoms with van der Waals surface area (Å²) < 4.78 is 66.7. The molecule has 1 aliphatic heterocycles. The smallest absolute Gasteiger partial charge is 0.348 e. The fraction of sp³-hybridized carbons (Fsp3) is 0.458.